The van der Waals surface area contributed by atoms with Gasteiger partial charge in [-0.05, 0) is 42.6 Å². The van der Waals surface area contributed by atoms with E-state index in [2.05, 4.69) is 9.97 Å². The molecule has 0 saturated carbocycles. The molecule has 0 aliphatic heterocycles. The fourth-order valence-corrected chi connectivity index (χ4v) is 2.50. The molecule has 0 amide bonds. The second kappa shape index (κ2) is 6.94. The summed E-state index contributed by atoms with van der Waals surface area (Å²) in [5, 5.41) is -0.650. The van der Waals surface area contributed by atoms with Gasteiger partial charge in [-0.15, -0.1) is 0 Å². The summed E-state index contributed by atoms with van der Waals surface area (Å²) >= 11 is 6.02. The molecule has 0 spiro atoms. The average molecular weight is 387 g/mol. The fourth-order valence-electron chi connectivity index (χ4n) is 1.78. The first kappa shape index (κ1) is 7.17. The van der Waals surface area contributed by atoms with E-state index < -0.39 is 115 Å². The topological polar surface area (TPSA) is 59.9 Å². The van der Waals surface area contributed by atoms with Gasteiger partial charge in [0.25, 0.3) is 0 Å². The maximum atomic E-state index is 12.7. The van der Waals surface area contributed by atoms with Gasteiger partial charge in [0.1, 0.15) is 0 Å². The summed E-state index contributed by atoms with van der Waals surface area (Å²) in [6, 6.07) is -7.19. The zero-order valence-electron chi connectivity index (χ0n) is 26.5. The lowest BCUT2D eigenvalue weighted by atomic mass is 10.0. The zero-order chi connectivity index (χ0) is 30.2. The Morgan fingerprint density at radius 2 is 1.84 bits per heavy atom. The van der Waals surface area contributed by atoms with E-state index in [0.29, 0.717) is 6.92 Å². The van der Waals surface area contributed by atoms with Crippen molar-refractivity contribution >= 4 is 21.4 Å². The van der Waals surface area contributed by atoms with Crippen molar-refractivity contribution in [2.45, 2.75) is 18.7 Å². The molecule has 6 heteroatoms. The number of halogens is 1. The maximum absolute atomic E-state index is 12.7. The molecule has 0 radical (unpaired) electrons. The molecule has 2 aromatic heterocycles. The lowest BCUT2D eigenvalue weighted by Gasteiger charge is -2.11. The van der Waals surface area contributed by atoms with Crippen LogP contribution in [0, 0.1) is 6.85 Å². The lowest BCUT2D eigenvalue weighted by molar-refractivity contribution is 0.597. The van der Waals surface area contributed by atoms with E-state index in [1.165, 1.54) is 0 Å². The number of rotatable bonds is 4. The van der Waals surface area contributed by atoms with Gasteiger partial charge in [-0.1, -0.05) is 30.6 Å². The third-order valence-electron chi connectivity index (χ3n) is 2.95. The van der Waals surface area contributed by atoms with E-state index in [1.807, 2.05) is 0 Å². The molecule has 0 atom stereocenters. The summed E-state index contributed by atoms with van der Waals surface area (Å²) in [6.45, 7) is -2.33. The van der Waals surface area contributed by atoms with Crippen LogP contribution >= 0.6 is 11.6 Å². The third-order valence-corrected chi connectivity index (χ3v) is 4.41. The Kier molecular flexibility index (Phi) is 1.99. The van der Waals surface area contributed by atoms with Crippen molar-refractivity contribution in [3.63, 3.8) is 0 Å². The number of hydrogen-bond acceptors (Lipinski definition) is 4. The molecule has 128 valence electrons. The molecule has 0 fully saturated rings. The van der Waals surface area contributed by atoms with Crippen LogP contribution in [0.15, 0.2) is 59.5 Å². The van der Waals surface area contributed by atoms with Gasteiger partial charge in [-0.25, -0.2) is 8.42 Å². The van der Waals surface area contributed by atoms with E-state index >= 15 is 0 Å². The molecule has 3 rings (SSSR count). The first-order valence-corrected chi connectivity index (χ1v) is 8.44. The van der Waals surface area contributed by atoms with Crippen LogP contribution in [0.2, 0.25) is 5.02 Å². The molecular weight excluding hydrogens is 356 g/mol. The van der Waals surface area contributed by atoms with Crippen LogP contribution in [0.5, 0.6) is 0 Å². The highest BCUT2D eigenvalue weighted by molar-refractivity contribution is 7.91. The van der Waals surface area contributed by atoms with Crippen LogP contribution in [0.1, 0.15) is 31.8 Å². The Morgan fingerprint density at radius 1 is 1.12 bits per heavy atom. The number of aromatic nitrogens is 2. The van der Waals surface area contributed by atoms with Gasteiger partial charge in [0.05, 0.1) is 33.7 Å². The number of aryl methyl sites for hydroxylation is 1. The summed E-state index contributed by atoms with van der Waals surface area (Å²) in [5.41, 5.74) is -6.71. The predicted molar refractivity (Wildman–Crippen MR) is 100 cm³/mol. The van der Waals surface area contributed by atoms with Crippen molar-refractivity contribution < 1.29 is 27.6 Å². The van der Waals surface area contributed by atoms with E-state index in [1.54, 1.807) is 0 Å². The van der Waals surface area contributed by atoms with Crippen LogP contribution in [0.3, 0.4) is 0 Å². The number of pyridine rings is 2. The molecule has 0 bridgehead atoms. The molecule has 2 heterocycles. The minimum Gasteiger partial charge on any atom is -0.261 e. The minimum atomic E-state index is -5.06. The molecule has 0 aliphatic rings. The SMILES string of the molecule is [2H]c1nc(-c2c([2H])nc(C([2H])([2H])[2H])c([2H])c2[2H])c(-c2c([2H])c([2H])c(S(=O)(=O)C([2H])([2H])C)c([2H])c2[2H])c([2H])c1Cl. The molecule has 1 aromatic carbocycles. The Labute approximate surface area is 172 Å². The average Bonchev–Trinajstić information content (AvgIpc) is 2.79. The van der Waals surface area contributed by atoms with Gasteiger partial charge >= 0.3 is 0 Å². The van der Waals surface area contributed by atoms with Crippen molar-refractivity contribution in [2.75, 3.05) is 5.70 Å². The first-order chi connectivity index (χ1) is 17.6. The van der Waals surface area contributed by atoms with Crippen molar-refractivity contribution in [1.82, 2.24) is 9.97 Å². The van der Waals surface area contributed by atoms with Crippen molar-refractivity contribution in [1.29, 1.82) is 0 Å². The monoisotopic (exact) mass is 386 g/mol. The molecular formula is C19H17ClN2O2S. The van der Waals surface area contributed by atoms with Crippen LogP contribution in [0.25, 0.3) is 22.4 Å². The number of sulfone groups is 1. The lowest BCUT2D eigenvalue weighted by Crippen LogP contribution is -2.03. The largest absolute Gasteiger partial charge is 0.261 e. The van der Waals surface area contributed by atoms with Crippen LogP contribution in [-0.4, -0.2) is 24.1 Å². The van der Waals surface area contributed by atoms with Crippen LogP contribution in [0.4, 0.5) is 0 Å². The Morgan fingerprint density at radius 3 is 2.52 bits per heavy atom. The fraction of sp³-hybridized carbons (Fsp3) is 0.158. The van der Waals surface area contributed by atoms with Gasteiger partial charge in [0, 0.05) is 36.0 Å². The maximum Gasteiger partial charge on any atom is 0.178 e. The summed E-state index contributed by atoms with van der Waals surface area (Å²) < 4.78 is 138. The van der Waals surface area contributed by atoms with E-state index in [-0.39, 0.29) is 0 Å². The summed E-state index contributed by atoms with van der Waals surface area (Å²) in [6.07, 6.45) is -1.70. The molecule has 4 nitrogen and oxygen atoms in total. The zero-order valence-corrected chi connectivity index (χ0v) is 14.1. The Bertz CT molecular complexity index is 1620. The minimum absolute atomic E-state index is 0.650. The Balaban J connectivity index is 2.58. The van der Waals surface area contributed by atoms with Crippen LogP contribution in [-0.2, 0) is 9.84 Å². The molecule has 0 unspecified atom stereocenters. The van der Waals surface area contributed by atoms with Crippen molar-refractivity contribution in [3.8, 4) is 22.4 Å². The highest BCUT2D eigenvalue weighted by atomic mass is 35.5. The molecule has 0 aliphatic carbocycles. The predicted octanol–water partition coefficient (Wildman–Crippen LogP) is 4.57. The van der Waals surface area contributed by atoms with Crippen molar-refractivity contribution in [2.24, 2.45) is 0 Å². The van der Waals surface area contributed by atoms with Crippen LogP contribution < -0.4 is 0 Å². The number of benzene rings is 1. The van der Waals surface area contributed by atoms with Gasteiger partial charge in [0.2, 0.25) is 0 Å². The normalized spacial score (nSPS) is 20.6. The number of nitrogens with zero attached hydrogens (tertiary/aromatic N) is 2. The second-order valence-corrected chi connectivity index (χ2v) is 6.70. The third kappa shape index (κ3) is 3.72. The van der Waals surface area contributed by atoms with Gasteiger partial charge < -0.3 is 0 Å². The summed E-state index contributed by atoms with van der Waals surface area (Å²) in [4.78, 5) is 6.14. The quantitative estimate of drug-likeness (QED) is 0.659. The highest BCUT2D eigenvalue weighted by Gasteiger charge is 2.14. The van der Waals surface area contributed by atoms with Gasteiger partial charge in [-0.3, -0.25) is 9.97 Å². The van der Waals surface area contributed by atoms with Gasteiger partial charge in [0.15, 0.2) is 9.84 Å². The first-order valence-electron chi connectivity index (χ1n) is 13.6. The second-order valence-electron chi connectivity index (χ2n) is 4.50. The molecule has 0 saturated heterocycles. The summed E-state index contributed by atoms with van der Waals surface area (Å²) in [5.74, 6) is 0. The standard InChI is InChI=1S/C19H17ClN2O2S/c1-3-25(23,24)17-8-6-14(7-9-17)18-10-16(20)12-22-19(18)15-5-4-13(2)21-11-15/h4-12H,3H2,1-2H3/i2D3,3D2,4D,5D,6D,7D,8D,9D,10D,11D,12D. The molecule has 3 aromatic rings. The van der Waals surface area contributed by atoms with E-state index in [9.17, 15) is 8.42 Å². The van der Waals surface area contributed by atoms with Crippen molar-refractivity contribution in [3.05, 3.63) is 65.4 Å². The number of hydrogen-bond donors (Lipinski definition) is 0. The van der Waals surface area contributed by atoms with E-state index in [4.69, 9.17) is 30.8 Å². The smallest absolute Gasteiger partial charge is 0.178 e. The van der Waals surface area contributed by atoms with E-state index in [0.717, 1.165) is 0 Å². The van der Waals surface area contributed by atoms with Gasteiger partial charge in [-0.2, -0.15) is 0 Å². The highest BCUT2D eigenvalue weighted by Crippen LogP contribution is 2.32. The molecule has 0 N–H and O–H groups in total. The Hall–Kier alpha value is -2.24. The molecule has 25 heavy (non-hydrogen) atoms. The summed E-state index contributed by atoms with van der Waals surface area (Å²) in [7, 11) is -5.06.